The third-order valence-corrected chi connectivity index (χ3v) is 7.59. The molecule has 0 amide bonds. The van der Waals surface area contributed by atoms with Crippen LogP contribution in [0.15, 0.2) is 85.5 Å². The highest BCUT2D eigenvalue weighted by Gasteiger charge is 2.44. The van der Waals surface area contributed by atoms with Gasteiger partial charge in [-0.25, -0.2) is 0 Å². The Morgan fingerprint density at radius 3 is 2.50 bits per heavy atom. The van der Waals surface area contributed by atoms with E-state index in [-0.39, 0.29) is 6.10 Å². The van der Waals surface area contributed by atoms with Crippen LogP contribution in [0.25, 0.3) is 0 Å². The molecule has 0 bridgehead atoms. The van der Waals surface area contributed by atoms with Gasteiger partial charge in [-0.2, -0.15) is 0 Å². The average Bonchev–Trinajstić information content (AvgIpc) is 3.00. The molecule has 0 saturated carbocycles. The van der Waals surface area contributed by atoms with Crippen LogP contribution in [-0.4, -0.2) is 38.8 Å². The van der Waals surface area contributed by atoms with Gasteiger partial charge in [0.15, 0.2) is 5.79 Å². The maximum atomic E-state index is 11.9. The van der Waals surface area contributed by atoms with Crippen LogP contribution in [0.2, 0.25) is 0 Å². The number of rotatable bonds is 15. The lowest BCUT2D eigenvalue weighted by Crippen LogP contribution is -2.46. The fourth-order valence-corrected chi connectivity index (χ4v) is 5.26. The van der Waals surface area contributed by atoms with Crippen molar-refractivity contribution in [2.24, 2.45) is 0 Å². The average molecular weight is 543 g/mol. The maximum Gasteiger partial charge on any atom is 0.197 e. The number of hydrogen-bond acceptors (Lipinski definition) is 5. The molecular weight excluding hydrogens is 500 g/mol. The summed E-state index contributed by atoms with van der Waals surface area (Å²) in [6, 6.07) is 25.3. The Morgan fingerprint density at radius 1 is 1.00 bits per heavy atom. The molecule has 212 valence electrons. The Bertz CT molecular complexity index is 1210. The molecule has 4 rings (SSSR count). The van der Waals surface area contributed by atoms with Gasteiger partial charge in [0.2, 0.25) is 0 Å². The number of benzene rings is 3. The Balaban J connectivity index is 1.43. The van der Waals surface area contributed by atoms with Gasteiger partial charge in [0.25, 0.3) is 0 Å². The van der Waals surface area contributed by atoms with E-state index in [4.69, 9.17) is 18.9 Å². The van der Waals surface area contributed by atoms with E-state index in [9.17, 15) is 4.79 Å². The minimum absolute atomic E-state index is 0.171. The number of carbonyl (C=O) groups is 1. The summed E-state index contributed by atoms with van der Waals surface area (Å²) in [7, 11) is 1.64. The molecule has 0 radical (unpaired) electrons. The van der Waals surface area contributed by atoms with Crippen LogP contribution in [-0.2, 0) is 49.0 Å². The fraction of sp³-hybridized carbons (Fsp3) is 0.400. The topological polar surface area (TPSA) is 54.0 Å². The summed E-state index contributed by atoms with van der Waals surface area (Å²) in [6.07, 6.45) is 6.90. The van der Waals surface area contributed by atoms with Crippen LogP contribution in [0.5, 0.6) is 0 Å². The second-order valence-corrected chi connectivity index (χ2v) is 10.6. The molecule has 5 nitrogen and oxygen atoms in total. The Hall–Kier alpha value is -3.09. The molecule has 0 N–H and O–H groups in total. The predicted molar refractivity (Wildman–Crippen MR) is 158 cm³/mol. The third kappa shape index (κ3) is 8.21. The van der Waals surface area contributed by atoms with Crippen molar-refractivity contribution in [2.45, 2.75) is 70.1 Å². The van der Waals surface area contributed by atoms with Crippen LogP contribution < -0.4 is 0 Å². The van der Waals surface area contributed by atoms with Gasteiger partial charge in [-0.05, 0) is 66.5 Å². The first-order chi connectivity index (χ1) is 19.5. The second-order valence-electron chi connectivity index (χ2n) is 10.6. The van der Waals surface area contributed by atoms with E-state index >= 15 is 0 Å². The monoisotopic (exact) mass is 542 g/mol. The third-order valence-electron chi connectivity index (χ3n) is 7.59. The van der Waals surface area contributed by atoms with Crippen LogP contribution in [0.1, 0.15) is 59.1 Å². The van der Waals surface area contributed by atoms with Crippen molar-refractivity contribution in [1.29, 1.82) is 0 Å². The number of ether oxygens (including phenoxy) is 4. The van der Waals surface area contributed by atoms with E-state index in [1.54, 1.807) is 13.2 Å². The van der Waals surface area contributed by atoms with Crippen molar-refractivity contribution in [3.63, 3.8) is 0 Å². The SMILES string of the molecule is C=CCOCCCCc1ccc(Cc2cc([C@@]3(OC)C[C@@H](OCc4ccccc4)C[C@@H](C=O)O3)ccc2C)cc1. The Labute approximate surface area is 239 Å². The molecule has 3 atom stereocenters. The van der Waals surface area contributed by atoms with E-state index in [0.29, 0.717) is 26.1 Å². The summed E-state index contributed by atoms with van der Waals surface area (Å²) in [4.78, 5) is 11.9. The molecule has 1 fully saturated rings. The lowest BCUT2D eigenvalue weighted by molar-refractivity contribution is -0.291. The smallest absolute Gasteiger partial charge is 0.197 e. The first-order valence-electron chi connectivity index (χ1n) is 14.3. The van der Waals surface area contributed by atoms with Gasteiger partial charge < -0.3 is 23.7 Å². The van der Waals surface area contributed by atoms with Crippen LogP contribution in [0.3, 0.4) is 0 Å². The summed E-state index contributed by atoms with van der Waals surface area (Å²) >= 11 is 0. The van der Waals surface area contributed by atoms with Crippen molar-refractivity contribution in [3.8, 4) is 0 Å². The van der Waals surface area contributed by atoms with Gasteiger partial charge in [0.05, 0.1) is 19.3 Å². The summed E-state index contributed by atoms with van der Waals surface area (Å²) in [6.45, 7) is 7.68. The number of aldehydes is 1. The molecule has 1 heterocycles. The van der Waals surface area contributed by atoms with Crippen LogP contribution in [0.4, 0.5) is 0 Å². The highest BCUT2D eigenvalue weighted by atomic mass is 16.7. The van der Waals surface area contributed by atoms with Crippen molar-refractivity contribution >= 4 is 6.29 Å². The molecule has 0 spiro atoms. The molecule has 40 heavy (non-hydrogen) atoms. The van der Waals surface area contributed by atoms with Crippen molar-refractivity contribution in [1.82, 2.24) is 0 Å². The summed E-state index contributed by atoms with van der Waals surface area (Å²) in [5.74, 6) is -1.05. The molecule has 0 aliphatic carbocycles. The second kappa shape index (κ2) is 15.1. The minimum atomic E-state index is -1.05. The number of methoxy groups -OCH3 is 1. The fourth-order valence-electron chi connectivity index (χ4n) is 5.26. The van der Waals surface area contributed by atoms with Gasteiger partial charge in [-0.3, -0.25) is 0 Å². The lowest BCUT2D eigenvalue weighted by atomic mass is 9.89. The molecular formula is C35H42O5. The predicted octanol–water partition coefficient (Wildman–Crippen LogP) is 6.87. The standard InChI is InChI=1S/C35H42O5/c1-4-19-38-20-9-8-10-28-14-16-29(17-15-28)21-31-22-32(18-13-27(31)2)35(37-3)24-33(23-34(25-36)40-35)39-26-30-11-6-5-7-12-30/h4-7,11-18,22,25,33-34H,1,8-10,19-21,23-24,26H2,2-3H3/t33-,34-,35+/m0/s1. The molecule has 1 aliphatic heterocycles. The first kappa shape index (κ1) is 29.9. The van der Waals surface area contributed by atoms with E-state index in [0.717, 1.165) is 49.7 Å². The van der Waals surface area contributed by atoms with E-state index in [1.807, 2.05) is 36.4 Å². The van der Waals surface area contributed by atoms with Crippen LogP contribution >= 0.6 is 0 Å². The molecule has 0 aromatic heterocycles. The highest BCUT2D eigenvalue weighted by molar-refractivity contribution is 5.56. The summed E-state index contributed by atoms with van der Waals surface area (Å²) in [5, 5.41) is 0. The number of unbranched alkanes of at least 4 members (excludes halogenated alkanes) is 1. The molecule has 3 aromatic rings. The largest absolute Gasteiger partial charge is 0.377 e. The zero-order valence-electron chi connectivity index (χ0n) is 23.8. The van der Waals surface area contributed by atoms with Crippen molar-refractivity contribution in [3.05, 3.63) is 119 Å². The van der Waals surface area contributed by atoms with Gasteiger partial charge in [-0.1, -0.05) is 72.8 Å². The first-order valence-corrected chi connectivity index (χ1v) is 14.3. The Kier molecular flexibility index (Phi) is 11.2. The maximum absolute atomic E-state index is 11.9. The molecule has 5 heteroatoms. The minimum Gasteiger partial charge on any atom is -0.377 e. The summed E-state index contributed by atoms with van der Waals surface area (Å²) < 4.78 is 24.1. The summed E-state index contributed by atoms with van der Waals surface area (Å²) in [5.41, 5.74) is 7.02. The molecule has 0 unspecified atom stereocenters. The van der Waals surface area contributed by atoms with Crippen LogP contribution in [0, 0.1) is 6.92 Å². The van der Waals surface area contributed by atoms with E-state index < -0.39 is 11.9 Å². The van der Waals surface area contributed by atoms with Crippen molar-refractivity contribution < 1.29 is 23.7 Å². The van der Waals surface area contributed by atoms with Crippen molar-refractivity contribution in [2.75, 3.05) is 20.3 Å². The van der Waals surface area contributed by atoms with E-state index in [1.165, 1.54) is 22.3 Å². The zero-order valence-corrected chi connectivity index (χ0v) is 23.8. The molecule has 1 saturated heterocycles. The zero-order chi connectivity index (χ0) is 28.2. The number of carbonyl (C=O) groups excluding carboxylic acids is 1. The quantitative estimate of drug-likeness (QED) is 0.119. The normalized spacial score (nSPS) is 20.8. The molecule has 1 aliphatic rings. The number of aryl methyl sites for hydroxylation is 2. The van der Waals surface area contributed by atoms with Gasteiger partial charge >= 0.3 is 0 Å². The van der Waals surface area contributed by atoms with E-state index in [2.05, 4.69) is 49.9 Å². The number of hydrogen-bond donors (Lipinski definition) is 0. The van der Waals surface area contributed by atoms with Gasteiger partial charge in [-0.15, -0.1) is 6.58 Å². The van der Waals surface area contributed by atoms with Gasteiger partial charge in [0.1, 0.15) is 12.4 Å². The van der Waals surface area contributed by atoms with Gasteiger partial charge in [0, 0.05) is 32.1 Å². The Morgan fingerprint density at radius 2 is 1.77 bits per heavy atom. The highest BCUT2D eigenvalue weighted by Crippen LogP contribution is 2.40. The lowest BCUT2D eigenvalue weighted by Gasteiger charge is -2.42. The molecule has 3 aromatic carbocycles.